The van der Waals surface area contributed by atoms with Crippen molar-refractivity contribution >= 4 is 56.2 Å². The van der Waals surface area contributed by atoms with Gasteiger partial charge in [0.15, 0.2) is 0 Å². The molecule has 1 aromatic carbocycles. The average molecular weight is 366 g/mol. The van der Waals surface area contributed by atoms with Gasteiger partial charge in [-0.05, 0) is 24.3 Å². The zero-order chi connectivity index (χ0) is 14.1. The van der Waals surface area contributed by atoms with Crippen LogP contribution in [0.25, 0.3) is 17.4 Å². The molecule has 0 atom stereocenters. The minimum Gasteiger partial charge on any atom is -0.457 e. The summed E-state index contributed by atoms with van der Waals surface area (Å²) in [5.41, 5.74) is 0.975. The van der Waals surface area contributed by atoms with Gasteiger partial charge in [0, 0.05) is 16.1 Å². The lowest BCUT2D eigenvalue weighted by atomic mass is 10.2. The number of amides is 1. The highest BCUT2D eigenvalue weighted by Gasteiger charge is 2.22. The Bertz CT molecular complexity index is 736. The Morgan fingerprint density at radius 3 is 2.85 bits per heavy atom. The summed E-state index contributed by atoms with van der Waals surface area (Å²) >= 11 is 9.61. The van der Waals surface area contributed by atoms with E-state index >= 15 is 0 Å². The van der Waals surface area contributed by atoms with Crippen molar-refractivity contribution in [3.63, 3.8) is 0 Å². The smallest absolute Gasteiger partial charge is 0.263 e. The molecule has 1 amide bonds. The van der Waals surface area contributed by atoms with E-state index in [4.69, 9.17) is 16.6 Å². The lowest BCUT2D eigenvalue weighted by Crippen LogP contribution is -2.17. The summed E-state index contributed by atoms with van der Waals surface area (Å²) in [6.45, 7) is 0. The molecule has 0 radical (unpaired) electrons. The van der Waals surface area contributed by atoms with Gasteiger partial charge in [-0.3, -0.25) is 4.79 Å². The number of hydrogen-bond acceptors (Lipinski definition) is 4. The van der Waals surface area contributed by atoms with Gasteiger partial charge in [0.05, 0.1) is 4.91 Å². The van der Waals surface area contributed by atoms with Gasteiger partial charge in [0.1, 0.15) is 15.8 Å². The van der Waals surface area contributed by atoms with Crippen LogP contribution in [0.2, 0.25) is 0 Å². The van der Waals surface area contributed by atoms with Gasteiger partial charge in [-0.1, -0.05) is 52.0 Å². The fraction of sp³-hybridized carbons (Fsp3) is 0. The van der Waals surface area contributed by atoms with Gasteiger partial charge in [0.25, 0.3) is 5.91 Å². The molecule has 1 N–H and O–H groups in total. The first-order valence-electron chi connectivity index (χ1n) is 5.72. The first kappa shape index (κ1) is 13.6. The zero-order valence-corrected chi connectivity index (χ0v) is 13.3. The summed E-state index contributed by atoms with van der Waals surface area (Å²) in [4.78, 5) is 12.1. The van der Waals surface area contributed by atoms with Crippen LogP contribution in [0.5, 0.6) is 0 Å². The monoisotopic (exact) mass is 365 g/mol. The second kappa shape index (κ2) is 5.55. The van der Waals surface area contributed by atoms with Gasteiger partial charge in [0.2, 0.25) is 0 Å². The summed E-state index contributed by atoms with van der Waals surface area (Å²) in [6.07, 6.45) is 1.70. The lowest BCUT2D eigenvalue weighted by molar-refractivity contribution is -0.115. The number of halogens is 1. The Kier molecular flexibility index (Phi) is 3.78. The summed E-state index contributed by atoms with van der Waals surface area (Å²) in [6, 6.07) is 11.5. The number of benzene rings is 1. The maximum atomic E-state index is 11.6. The summed E-state index contributed by atoms with van der Waals surface area (Å²) in [5, 5.41) is 2.57. The molecule has 2 heterocycles. The van der Waals surface area contributed by atoms with Crippen molar-refractivity contribution < 1.29 is 9.21 Å². The van der Waals surface area contributed by atoms with Gasteiger partial charge >= 0.3 is 0 Å². The first-order valence-corrected chi connectivity index (χ1v) is 7.74. The van der Waals surface area contributed by atoms with Crippen LogP contribution in [0, 0.1) is 0 Å². The predicted octanol–water partition coefficient (Wildman–Crippen LogP) is 4.20. The summed E-state index contributed by atoms with van der Waals surface area (Å²) < 4.78 is 7.20. The highest BCUT2D eigenvalue weighted by atomic mass is 79.9. The largest absolute Gasteiger partial charge is 0.457 e. The molecule has 0 aliphatic carbocycles. The quantitative estimate of drug-likeness (QED) is 0.639. The van der Waals surface area contributed by atoms with Crippen molar-refractivity contribution in [2.45, 2.75) is 0 Å². The van der Waals surface area contributed by atoms with E-state index in [0.29, 0.717) is 15.0 Å². The van der Waals surface area contributed by atoms with E-state index in [-0.39, 0.29) is 5.91 Å². The van der Waals surface area contributed by atoms with Crippen LogP contribution in [0.3, 0.4) is 0 Å². The molecule has 1 aromatic heterocycles. The normalized spacial score (nSPS) is 16.8. The van der Waals surface area contributed by atoms with Crippen LogP contribution in [-0.2, 0) is 4.79 Å². The Hall–Kier alpha value is -1.37. The summed E-state index contributed by atoms with van der Waals surface area (Å²) in [5.74, 6) is 1.20. The third-order valence-corrected chi connectivity index (χ3v) is 4.31. The van der Waals surface area contributed by atoms with E-state index in [1.165, 1.54) is 11.8 Å². The van der Waals surface area contributed by atoms with E-state index < -0.39 is 0 Å². The third kappa shape index (κ3) is 2.87. The minimum atomic E-state index is -0.180. The topological polar surface area (TPSA) is 42.2 Å². The number of hydrogen-bond donors (Lipinski definition) is 1. The van der Waals surface area contributed by atoms with Crippen LogP contribution >= 0.6 is 39.9 Å². The number of furan rings is 1. The Morgan fingerprint density at radius 2 is 2.15 bits per heavy atom. The van der Waals surface area contributed by atoms with Crippen LogP contribution in [0.1, 0.15) is 5.76 Å². The Balaban J connectivity index is 1.89. The standard InChI is InChI=1S/C14H8BrNO2S2/c15-9-3-1-2-8(6-9)11-5-4-10(18-11)7-12-13(17)16-14(19)20-12/h1-7H,(H,16,17,19)/b12-7+. The molecule has 20 heavy (non-hydrogen) atoms. The second-order valence-electron chi connectivity index (χ2n) is 4.06. The van der Waals surface area contributed by atoms with Crippen molar-refractivity contribution in [1.29, 1.82) is 0 Å². The van der Waals surface area contributed by atoms with Crippen molar-refractivity contribution in [3.05, 3.63) is 51.5 Å². The van der Waals surface area contributed by atoms with E-state index in [1.54, 1.807) is 6.08 Å². The third-order valence-electron chi connectivity index (χ3n) is 2.65. The number of rotatable bonds is 2. The SMILES string of the molecule is O=C1NC(=S)S/C1=C/c1ccc(-c2cccc(Br)c2)o1. The molecule has 100 valence electrons. The molecule has 1 fully saturated rings. The fourth-order valence-electron chi connectivity index (χ4n) is 1.78. The maximum absolute atomic E-state index is 11.6. The van der Waals surface area contributed by atoms with E-state index in [0.717, 1.165) is 15.8 Å². The summed E-state index contributed by atoms with van der Waals surface area (Å²) in [7, 11) is 0. The van der Waals surface area contributed by atoms with Crippen molar-refractivity contribution in [2.24, 2.45) is 0 Å². The molecule has 0 saturated carbocycles. The van der Waals surface area contributed by atoms with Gasteiger partial charge in [-0.15, -0.1) is 0 Å². The maximum Gasteiger partial charge on any atom is 0.263 e. The molecule has 1 saturated heterocycles. The van der Waals surface area contributed by atoms with Crippen LogP contribution in [0.15, 0.2) is 50.2 Å². The molecule has 2 aromatic rings. The fourth-order valence-corrected chi connectivity index (χ4v) is 3.20. The van der Waals surface area contributed by atoms with Crippen LogP contribution in [0.4, 0.5) is 0 Å². The first-order chi connectivity index (χ1) is 9.61. The Labute approximate surface area is 133 Å². The van der Waals surface area contributed by atoms with E-state index in [9.17, 15) is 4.79 Å². The van der Waals surface area contributed by atoms with Crippen molar-refractivity contribution in [2.75, 3.05) is 0 Å². The number of carbonyl (C=O) groups excluding carboxylic acids is 1. The van der Waals surface area contributed by atoms with Crippen molar-refractivity contribution in [1.82, 2.24) is 5.32 Å². The Morgan fingerprint density at radius 1 is 1.30 bits per heavy atom. The predicted molar refractivity (Wildman–Crippen MR) is 88.2 cm³/mol. The molecule has 0 unspecified atom stereocenters. The minimum absolute atomic E-state index is 0.180. The number of nitrogens with one attached hydrogen (secondary N) is 1. The molecule has 3 rings (SSSR count). The highest BCUT2D eigenvalue weighted by molar-refractivity contribution is 9.10. The van der Waals surface area contributed by atoms with Crippen LogP contribution < -0.4 is 5.32 Å². The number of thioether (sulfide) groups is 1. The average Bonchev–Trinajstić information content (AvgIpc) is 2.97. The molecule has 0 spiro atoms. The van der Waals surface area contributed by atoms with Gasteiger partial charge in [-0.25, -0.2) is 0 Å². The molecule has 1 aliphatic rings. The van der Waals surface area contributed by atoms with Gasteiger partial charge in [-0.2, -0.15) is 0 Å². The molecule has 3 nitrogen and oxygen atoms in total. The number of thiocarbonyl (C=S) groups is 1. The highest BCUT2D eigenvalue weighted by Crippen LogP contribution is 2.29. The van der Waals surface area contributed by atoms with Crippen LogP contribution in [-0.4, -0.2) is 10.2 Å². The molecule has 6 heteroatoms. The second-order valence-corrected chi connectivity index (χ2v) is 6.70. The lowest BCUT2D eigenvalue weighted by Gasteiger charge is -1.97. The molecular formula is C14H8BrNO2S2. The molecule has 0 bridgehead atoms. The van der Waals surface area contributed by atoms with Gasteiger partial charge < -0.3 is 9.73 Å². The van der Waals surface area contributed by atoms with E-state index in [1.807, 2.05) is 36.4 Å². The number of carbonyl (C=O) groups is 1. The molecular weight excluding hydrogens is 358 g/mol. The molecule has 1 aliphatic heterocycles. The van der Waals surface area contributed by atoms with Crippen molar-refractivity contribution in [3.8, 4) is 11.3 Å². The van der Waals surface area contributed by atoms with E-state index in [2.05, 4.69) is 21.2 Å². The zero-order valence-electron chi connectivity index (χ0n) is 10.1.